The second-order valence-corrected chi connectivity index (χ2v) is 13.8. The molecule has 14 heteroatoms. The average Bonchev–Trinajstić information content (AvgIpc) is 3.45. The lowest BCUT2D eigenvalue weighted by molar-refractivity contribution is -0.122. The Labute approximate surface area is 278 Å². The van der Waals surface area contributed by atoms with Gasteiger partial charge in [-0.3, -0.25) is 23.7 Å². The molecule has 44 heavy (non-hydrogen) atoms. The summed E-state index contributed by atoms with van der Waals surface area (Å²) in [5.41, 5.74) is 1.54. The summed E-state index contributed by atoms with van der Waals surface area (Å²) in [5.74, 6) is -1.77. The third-order valence-corrected chi connectivity index (χ3v) is 11.3. The number of rotatable bonds is 7. The van der Waals surface area contributed by atoms with E-state index in [-0.39, 0.29) is 22.3 Å². The van der Waals surface area contributed by atoms with Gasteiger partial charge >= 0.3 is 4.87 Å². The van der Waals surface area contributed by atoms with Gasteiger partial charge in [-0.25, -0.2) is 4.90 Å². The maximum absolute atomic E-state index is 14.1. The van der Waals surface area contributed by atoms with Crippen molar-refractivity contribution in [3.8, 4) is 11.5 Å². The molecular formula is C30H22BrCl2N3O6S2. The van der Waals surface area contributed by atoms with Crippen molar-refractivity contribution in [3.63, 3.8) is 0 Å². The molecule has 2 aliphatic rings. The van der Waals surface area contributed by atoms with Gasteiger partial charge in [0.2, 0.25) is 17.7 Å². The number of fused-ring (bicyclic) bond motifs is 2. The van der Waals surface area contributed by atoms with Crippen molar-refractivity contribution in [1.82, 2.24) is 4.57 Å². The molecule has 0 aliphatic carbocycles. The first-order valence-corrected chi connectivity index (χ1v) is 16.4. The van der Waals surface area contributed by atoms with Crippen LogP contribution < -0.4 is 24.6 Å². The molecular weight excluding hydrogens is 713 g/mol. The standard InChI is InChI=1S/C30H22BrCl2N3O6S2/c1-41-20-10-3-14(11-21(20)42-2)23-24-25(28(39)36(27(24)38)17-7-4-15(31)5-8-17)43-29-26(23)44-30(40)35(29)13-22(37)34-16-6-9-18(32)19(33)12-16/h3-12,23-25H,13H2,1-2H3,(H,34,37)/t23-,24-,25+/m0/s1. The number of benzene rings is 3. The Kier molecular flexibility index (Phi) is 8.55. The molecule has 226 valence electrons. The number of halogens is 3. The third-order valence-electron chi connectivity index (χ3n) is 7.41. The van der Waals surface area contributed by atoms with Crippen LogP contribution in [0.4, 0.5) is 11.4 Å². The fraction of sp³-hybridized carbons (Fsp3) is 0.200. The van der Waals surface area contributed by atoms with Crippen LogP contribution in [0.25, 0.3) is 0 Å². The number of amides is 3. The van der Waals surface area contributed by atoms with Gasteiger partial charge < -0.3 is 14.8 Å². The fourth-order valence-electron chi connectivity index (χ4n) is 5.42. The molecule has 1 fully saturated rings. The quantitative estimate of drug-likeness (QED) is 0.218. The van der Waals surface area contributed by atoms with E-state index < -0.39 is 28.9 Å². The predicted molar refractivity (Wildman–Crippen MR) is 175 cm³/mol. The smallest absolute Gasteiger partial charge is 0.308 e. The number of ether oxygens (including phenoxy) is 2. The Morgan fingerprint density at radius 1 is 0.932 bits per heavy atom. The number of nitrogens with one attached hydrogen (secondary N) is 1. The lowest BCUT2D eigenvalue weighted by atomic mass is 9.83. The Morgan fingerprint density at radius 3 is 2.34 bits per heavy atom. The minimum atomic E-state index is -0.838. The molecule has 3 amide bonds. The number of hydrogen-bond acceptors (Lipinski definition) is 8. The molecule has 1 saturated heterocycles. The van der Waals surface area contributed by atoms with Crippen LogP contribution in [0, 0.1) is 5.92 Å². The molecule has 0 bridgehead atoms. The van der Waals surface area contributed by atoms with Gasteiger partial charge in [-0.05, 0) is 60.2 Å². The number of anilines is 2. The van der Waals surface area contributed by atoms with Crippen LogP contribution in [0.1, 0.15) is 16.4 Å². The summed E-state index contributed by atoms with van der Waals surface area (Å²) in [5, 5.41) is 2.98. The lowest BCUT2D eigenvalue weighted by Gasteiger charge is -2.31. The van der Waals surface area contributed by atoms with Gasteiger partial charge in [-0.2, -0.15) is 0 Å². The van der Waals surface area contributed by atoms with E-state index in [9.17, 15) is 19.2 Å². The summed E-state index contributed by atoms with van der Waals surface area (Å²) in [6.45, 7) is -0.313. The lowest BCUT2D eigenvalue weighted by Crippen LogP contribution is -2.33. The SMILES string of the molecule is COc1ccc([C@@H]2c3sc(=O)n(CC(=O)Nc4ccc(Cl)c(Cl)c4)c3S[C@H]3C(=O)N(c4ccc(Br)cc4)C(=O)[C@@H]23)cc1OC. The normalized spacial score (nSPS) is 19.0. The highest BCUT2D eigenvalue weighted by Crippen LogP contribution is 2.54. The Bertz CT molecular complexity index is 1880. The number of nitrogens with zero attached hydrogens (tertiary/aromatic N) is 2. The van der Waals surface area contributed by atoms with Gasteiger partial charge in [-0.15, -0.1) is 0 Å². The molecule has 3 aromatic carbocycles. The Morgan fingerprint density at radius 2 is 1.66 bits per heavy atom. The third kappa shape index (κ3) is 5.43. The van der Waals surface area contributed by atoms with E-state index in [0.717, 1.165) is 27.6 Å². The van der Waals surface area contributed by atoms with E-state index in [0.29, 0.717) is 43.4 Å². The monoisotopic (exact) mass is 733 g/mol. The molecule has 6 rings (SSSR count). The number of thiazole rings is 1. The minimum Gasteiger partial charge on any atom is -0.493 e. The number of hydrogen-bond donors (Lipinski definition) is 1. The van der Waals surface area contributed by atoms with Crippen molar-refractivity contribution in [1.29, 1.82) is 0 Å². The van der Waals surface area contributed by atoms with Gasteiger partial charge in [0.25, 0.3) is 0 Å². The van der Waals surface area contributed by atoms with Gasteiger partial charge in [0, 0.05) is 21.0 Å². The molecule has 1 N–H and O–H groups in total. The van der Waals surface area contributed by atoms with Crippen molar-refractivity contribution in [2.75, 3.05) is 24.4 Å². The molecule has 0 saturated carbocycles. The summed E-state index contributed by atoms with van der Waals surface area (Å²) in [6.07, 6.45) is 0. The van der Waals surface area contributed by atoms with Gasteiger partial charge in [0.15, 0.2) is 11.5 Å². The number of thioether (sulfide) groups is 1. The second-order valence-electron chi connectivity index (χ2n) is 9.95. The Hall–Kier alpha value is -3.29. The number of aromatic nitrogens is 1. The van der Waals surface area contributed by atoms with E-state index in [4.69, 9.17) is 32.7 Å². The van der Waals surface area contributed by atoms with Crippen LogP contribution in [0.5, 0.6) is 11.5 Å². The average molecular weight is 735 g/mol. The number of carbonyl (C=O) groups excluding carboxylic acids is 3. The molecule has 9 nitrogen and oxygen atoms in total. The first kappa shape index (κ1) is 30.7. The van der Waals surface area contributed by atoms with Crippen LogP contribution in [0.3, 0.4) is 0 Å². The van der Waals surface area contributed by atoms with Crippen molar-refractivity contribution in [3.05, 3.63) is 95.3 Å². The van der Waals surface area contributed by atoms with E-state index >= 15 is 0 Å². The summed E-state index contributed by atoms with van der Waals surface area (Å²) in [7, 11) is 3.03. The zero-order valence-electron chi connectivity index (χ0n) is 23.0. The van der Waals surface area contributed by atoms with Crippen molar-refractivity contribution >= 4 is 91.3 Å². The maximum Gasteiger partial charge on any atom is 0.308 e. The number of carbonyl (C=O) groups is 3. The predicted octanol–water partition coefficient (Wildman–Crippen LogP) is 6.43. The number of methoxy groups -OCH3 is 2. The highest BCUT2D eigenvalue weighted by molar-refractivity contribution is 9.10. The zero-order valence-corrected chi connectivity index (χ0v) is 27.7. The molecule has 3 atom stereocenters. The van der Waals surface area contributed by atoms with Gasteiger partial charge in [0.05, 0.1) is 40.9 Å². The highest BCUT2D eigenvalue weighted by atomic mass is 79.9. The maximum atomic E-state index is 14.1. The highest BCUT2D eigenvalue weighted by Gasteiger charge is 2.57. The van der Waals surface area contributed by atoms with Crippen LogP contribution >= 0.6 is 62.2 Å². The molecule has 1 aromatic heterocycles. The summed E-state index contributed by atoms with van der Waals surface area (Å²) in [4.78, 5) is 56.0. The van der Waals surface area contributed by atoms with Crippen molar-refractivity contribution in [2.45, 2.75) is 22.7 Å². The van der Waals surface area contributed by atoms with Crippen molar-refractivity contribution < 1.29 is 23.9 Å². The van der Waals surface area contributed by atoms with Gasteiger partial charge in [-0.1, -0.05) is 68.3 Å². The molecule has 0 radical (unpaired) electrons. The summed E-state index contributed by atoms with van der Waals surface area (Å²) >= 11 is 17.6. The summed E-state index contributed by atoms with van der Waals surface area (Å²) < 4.78 is 13.1. The van der Waals surface area contributed by atoms with Crippen LogP contribution in [-0.2, 0) is 20.9 Å². The van der Waals surface area contributed by atoms with E-state index in [1.54, 1.807) is 54.6 Å². The zero-order chi connectivity index (χ0) is 31.3. The molecule has 4 aromatic rings. The molecule has 3 heterocycles. The minimum absolute atomic E-state index is 0.272. The first-order chi connectivity index (χ1) is 21.1. The van der Waals surface area contributed by atoms with Crippen LogP contribution in [-0.4, -0.2) is 41.8 Å². The molecule has 0 spiro atoms. The molecule has 2 aliphatic heterocycles. The van der Waals surface area contributed by atoms with Crippen LogP contribution in [0.2, 0.25) is 10.0 Å². The second kappa shape index (κ2) is 12.2. The van der Waals surface area contributed by atoms with E-state index in [1.165, 1.54) is 29.8 Å². The van der Waals surface area contributed by atoms with Crippen LogP contribution in [0.15, 0.2) is 75.0 Å². The van der Waals surface area contributed by atoms with E-state index in [1.807, 2.05) is 0 Å². The first-order valence-electron chi connectivity index (χ1n) is 13.1. The van der Waals surface area contributed by atoms with E-state index in [2.05, 4.69) is 21.2 Å². The Balaban J connectivity index is 1.43. The largest absolute Gasteiger partial charge is 0.493 e. The summed E-state index contributed by atoms with van der Waals surface area (Å²) in [6, 6.07) is 16.9. The fourth-order valence-corrected chi connectivity index (χ4v) is 8.76. The molecule has 0 unspecified atom stereocenters. The number of imide groups is 1. The van der Waals surface area contributed by atoms with Gasteiger partial charge in [0.1, 0.15) is 11.8 Å². The topological polar surface area (TPSA) is 107 Å². The van der Waals surface area contributed by atoms with Crippen molar-refractivity contribution in [2.24, 2.45) is 5.92 Å².